The van der Waals surface area contributed by atoms with Crippen LogP contribution in [0.5, 0.6) is 11.5 Å². The van der Waals surface area contributed by atoms with Crippen molar-refractivity contribution in [3.8, 4) is 28.6 Å². The van der Waals surface area contributed by atoms with Crippen LogP contribution in [-0.2, 0) is 5.41 Å². The second-order valence-corrected chi connectivity index (χ2v) is 15.4. The average Bonchev–Trinajstić information content (AvgIpc) is 3.75. The lowest BCUT2D eigenvalue weighted by Gasteiger charge is -2.42. The summed E-state index contributed by atoms with van der Waals surface area (Å²) in [4.78, 5) is 22.1. The van der Waals surface area contributed by atoms with Gasteiger partial charge in [-0.1, -0.05) is 84.6 Å². The molecule has 0 N–H and O–H groups in total. The number of pyridine rings is 2. The van der Waals surface area contributed by atoms with Gasteiger partial charge in [0.15, 0.2) is 22.9 Å². The maximum Gasteiger partial charge on any atom is 0.188 e. The number of para-hydroxylation sites is 4. The van der Waals surface area contributed by atoms with Gasteiger partial charge in [-0.05, 0) is 94.7 Å². The van der Waals surface area contributed by atoms with Crippen molar-refractivity contribution >= 4 is 62.0 Å². The van der Waals surface area contributed by atoms with E-state index in [1.807, 2.05) is 60.9 Å². The van der Waals surface area contributed by atoms with Gasteiger partial charge >= 0.3 is 0 Å². The topological polar surface area (TPSA) is 51.9 Å². The maximum absolute atomic E-state index is 7.81. The molecule has 0 unspecified atom stereocenters. The Bertz CT molecular complexity index is 3150. The number of ether oxygens (including phenoxy) is 1. The molecule has 0 bridgehead atoms. The predicted octanol–water partition coefficient (Wildman–Crippen LogP) is 13.1. The zero-order valence-electron chi connectivity index (χ0n) is 30.0. The van der Waals surface area contributed by atoms with E-state index in [1.54, 1.807) is 11.8 Å². The molecule has 0 saturated carbocycles. The van der Waals surface area contributed by atoms with E-state index in [0.717, 1.165) is 93.7 Å². The number of hydrogen-bond donors (Lipinski definition) is 0. The molecule has 57 heavy (non-hydrogen) atoms. The van der Waals surface area contributed by atoms with Gasteiger partial charge < -0.3 is 14.2 Å². The van der Waals surface area contributed by atoms with Crippen LogP contribution in [0.3, 0.4) is 0 Å². The van der Waals surface area contributed by atoms with Crippen molar-refractivity contribution in [2.45, 2.75) is 15.2 Å². The molecule has 7 nitrogen and oxygen atoms in total. The summed E-state index contributed by atoms with van der Waals surface area (Å²) in [5.74, 6) is 1.45. The summed E-state index contributed by atoms with van der Waals surface area (Å²) in [5, 5.41) is 1.80. The lowest BCUT2D eigenvalue weighted by molar-refractivity contribution is 0.435. The number of rotatable bonds is 2. The summed E-state index contributed by atoms with van der Waals surface area (Å²) in [6.45, 7) is 15.6. The highest BCUT2D eigenvalue weighted by molar-refractivity contribution is 7.99. The van der Waals surface area contributed by atoms with Gasteiger partial charge in [-0.3, -0.25) is 9.97 Å². The van der Waals surface area contributed by atoms with Crippen LogP contribution in [0.2, 0.25) is 0 Å². The minimum absolute atomic E-state index is 0.540. The number of benzene rings is 6. The second kappa shape index (κ2) is 11.7. The van der Waals surface area contributed by atoms with Gasteiger partial charge in [0.2, 0.25) is 0 Å². The summed E-state index contributed by atoms with van der Waals surface area (Å²) in [6.07, 6.45) is 3.69. The standard InChI is InChI=1S/C49H26N6OS/c1-50-29-21-23-37-31(27-29)32-28-30(51-2)22-24-38(32)54(37)41-17-7-11-35-47(41)56-48-36(49(35)33-13-9-25-52-45(33)46-34(49)14-10-26-53-46)12-8-18-42(48)55-39-15-3-5-19-43(39)57-44-20-6-4-16-40(44)55/h3-28H. The summed E-state index contributed by atoms with van der Waals surface area (Å²) in [6, 6.07) is 49.9. The van der Waals surface area contributed by atoms with Crippen LogP contribution >= 0.6 is 11.8 Å². The molecule has 1 spiro atoms. The Balaban J connectivity index is 1.22. The summed E-state index contributed by atoms with van der Waals surface area (Å²) in [5.41, 5.74) is 11.8. The minimum Gasteiger partial charge on any atom is -0.452 e. The molecule has 264 valence electrons. The van der Waals surface area contributed by atoms with Crippen molar-refractivity contribution in [3.05, 3.63) is 203 Å². The Hall–Kier alpha value is -7.65. The first kappa shape index (κ1) is 31.7. The Kier molecular flexibility index (Phi) is 6.49. The monoisotopic (exact) mass is 746 g/mol. The molecular formula is C49H26N6OS. The molecule has 0 atom stereocenters. The fourth-order valence-electron chi connectivity index (χ4n) is 9.33. The molecule has 0 saturated heterocycles. The maximum atomic E-state index is 7.81. The highest BCUT2D eigenvalue weighted by Gasteiger charge is 2.53. The molecule has 9 aromatic rings. The molecule has 2 aliphatic heterocycles. The molecule has 12 rings (SSSR count). The third-order valence-electron chi connectivity index (χ3n) is 11.6. The van der Waals surface area contributed by atoms with E-state index in [9.17, 15) is 0 Å². The molecule has 0 amide bonds. The van der Waals surface area contributed by atoms with E-state index in [2.05, 4.69) is 116 Å². The van der Waals surface area contributed by atoms with E-state index in [1.165, 1.54) is 0 Å². The predicted molar refractivity (Wildman–Crippen MR) is 225 cm³/mol. The van der Waals surface area contributed by atoms with Gasteiger partial charge in [-0.25, -0.2) is 9.69 Å². The van der Waals surface area contributed by atoms with Gasteiger partial charge in [-0.2, -0.15) is 0 Å². The van der Waals surface area contributed by atoms with Crippen molar-refractivity contribution in [3.63, 3.8) is 0 Å². The van der Waals surface area contributed by atoms with Gasteiger partial charge in [0.1, 0.15) is 0 Å². The largest absolute Gasteiger partial charge is 0.452 e. The van der Waals surface area contributed by atoms with Crippen molar-refractivity contribution in [2.24, 2.45) is 0 Å². The molecule has 0 fully saturated rings. The van der Waals surface area contributed by atoms with E-state index < -0.39 is 5.41 Å². The third kappa shape index (κ3) is 4.14. The number of nitrogens with zero attached hydrogens (tertiary/aromatic N) is 6. The lowest BCUT2D eigenvalue weighted by Crippen LogP contribution is -2.33. The first-order valence-corrected chi connectivity index (χ1v) is 19.4. The number of hydrogen-bond acceptors (Lipinski definition) is 5. The number of anilines is 3. The van der Waals surface area contributed by atoms with Gasteiger partial charge in [-0.15, -0.1) is 0 Å². The Morgan fingerprint density at radius 2 is 1.00 bits per heavy atom. The first-order chi connectivity index (χ1) is 28.2. The number of fused-ring (bicyclic) bond motifs is 14. The highest BCUT2D eigenvalue weighted by atomic mass is 32.2. The van der Waals surface area contributed by atoms with Crippen LogP contribution in [0.15, 0.2) is 168 Å². The highest BCUT2D eigenvalue weighted by Crippen LogP contribution is 2.65. The van der Waals surface area contributed by atoms with Crippen LogP contribution < -0.4 is 9.64 Å². The van der Waals surface area contributed by atoms with Crippen LogP contribution in [0.4, 0.5) is 28.4 Å². The Labute approximate surface area is 331 Å². The molecule has 0 radical (unpaired) electrons. The lowest BCUT2D eigenvalue weighted by atomic mass is 9.66. The molecule has 3 aromatic heterocycles. The summed E-state index contributed by atoms with van der Waals surface area (Å²) < 4.78 is 9.76. The van der Waals surface area contributed by atoms with E-state index in [0.29, 0.717) is 17.1 Å². The van der Waals surface area contributed by atoms with E-state index in [-0.39, 0.29) is 0 Å². The quantitative estimate of drug-likeness (QED) is 0.165. The van der Waals surface area contributed by atoms with Gasteiger partial charge in [0, 0.05) is 33.3 Å². The minimum atomic E-state index is -0.834. The van der Waals surface area contributed by atoms with Crippen molar-refractivity contribution < 1.29 is 4.74 Å². The smallest absolute Gasteiger partial charge is 0.188 e. The number of aromatic nitrogens is 3. The van der Waals surface area contributed by atoms with Crippen molar-refractivity contribution in [1.82, 2.24) is 14.5 Å². The van der Waals surface area contributed by atoms with Gasteiger partial charge in [0.05, 0.1) is 63.7 Å². The Morgan fingerprint density at radius 1 is 0.509 bits per heavy atom. The second-order valence-electron chi connectivity index (χ2n) is 14.3. The molecule has 5 heterocycles. The van der Waals surface area contributed by atoms with Crippen molar-refractivity contribution in [2.75, 3.05) is 4.90 Å². The Morgan fingerprint density at radius 3 is 1.56 bits per heavy atom. The van der Waals surface area contributed by atoms with Crippen LogP contribution in [-0.4, -0.2) is 14.5 Å². The molecule has 8 heteroatoms. The molecule has 1 aliphatic carbocycles. The normalized spacial score (nSPS) is 13.8. The average molecular weight is 747 g/mol. The summed E-state index contributed by atoms with van der Waals surface area (Å²) >= 11 is 1.78. The SMILES string of the molecule is [C-]#[N+]c1ccc2c(c1)c1cc([N+]#[C-])ccc1n2-c1cccc2c1Oc1c(N3c4ccccc4Sc4ccccc43)cccc1C21c2cccnc2-c2ncccc21. The third-order valence-corrected chi connectivity index (χ3v) is 12.7. The zero-order valence-corrected chi connectivity index (χ0v) is 30.8. The molecule has 3 aliphatic rings. The van der Waals surface area contributed by atoms with E-state index in [4.69, 9.17) is 27.8 Å². The molecular weight excluding hydrogens is 721 g/mol. The molecule has 6 aromatic carbocycles. The zero-order chi connectivity index (χ0) is 37.8. The van der Waals surface area contributed by atoms with Crippen LogP contribution in [0.1, 0.15) is 22.3 Å². The fourth-order valence-corrected chi connectivity index (χ4v) is 10.4. The fraction of sp³-hybridized carbons (Fsp3) is 0.0204. The summed E-state index contributed by atoms with van der Waals surface area (Å²) in [7, 11) is 0. The van der Waals surface area contributed by atoms with Crippen molar-refractivity contribution in [1.29, 1.82) is 0 Å². The van der Waals surface area contributed by atoms with E-state index >= 15 is 0 Å². The van der Waals surface area contributed by atoms with Crippen LogP contribution in [0.25, 0.3) is 48.6 Å². The van der Waals surface area contributed by atoms with Crippen LogP contribution in [0, 0.1) is 13.1 Å². The first-order valence-electron chi connectivity index (χ1n) is 18.5. The van der Waals surface area contributed by atoms with Gasteiger partial charge in [0.25, 0.3) is 0 Å².